The van der Waals surface area contributed by atoms with Crippen molar-refractivity contribution in [2.45, 2.75) is 13.0 Å². The molecule has 118 valence electrons. The predicted octanol–water partition coefficient (Wildman–Crippen LogP) is 3.21. The van der Waals surface area contributed by atoms with E-state index in [1.165, 1.54) is 17.7 Å². The molecule has 0 radical (unpaired) electrons. The van der Waals surface area contributed by atoms with Crippen LogP contribution < -0.4 is 4.90 Å². The van der Waals surface area contributed by atoms with Crippen molar-refractivity contribution >= 4 is 5.69 Å². The SMILES string of the molecule is N#CCc1ccccc1CN1CCN(c2ccc(F)cc2)CC1. The van der Waals surface area contributed by atoms with Gasteiger partial charge in [0.15, 0.2) is 0 Å². The van der Waals surface area contributed by atoms with Gasteiger partial charge in [0.1, 0.15) is 5.82 Å². The number of benzene rings is 2. The maximum absolute atomic E-state index is 13.0. The Labute approximate surface area is 136 Å². The highest BCUT2D eigenvalue weighted by atomic mass is 19.1. The molecule has 0 saturated carbocycles. The predicted molar refractivity (Wildman–Crippen MR) is 89.6 cm³/mol. The van der Waals surface area contributed by atoms with Crippen LogP contribution in [0.3, 0.4) is 0 Å². The third-order valence-electron chi connectivity index (χ3n) is 4.35. The Kier molecular flexibility index (Phi) is 4.89. The Morgan fingerprint density at radius 2 is 1.57 bits per heavy atom. The molecule has 1 saturated heterocycles. The molecule has 0 aromatic heterocycles. The highest BCUT2D eigenvalue weighted by Crippen LogP contribution is 2.19. The second kappa shape index (κ2) is 7.26. The van der Waals surface area contributed by atoms with Gasteiger partial charge in [-0.05, 0) is 35.4 Å². The second-order valence-corrected chi connectivity index (χ2v) is 5.84. The molecule has 3 rings (SSSR count). The molecule has 0 unspecified atom stereocenters. The molecule has 1 aliphatic heterocycles. The van der Waals surface area contributed by atoms with Gasteiger partial charge in [0.2, 0.25) is 0 Å². The zero-order valence-electron chi connectivity index (χ0n) is 13.1. The number of anilines is 1. The normalized spacial score (nSPS) is 15.4. The zero-order chi connectivity index (χ0) is 16.1. The minimum absolute atomic E-state index is 0.193. The Morgan fingerprint density at radius 3 is 2.22 bits per heavy atom. The lowest BCUT2D eigenvalue weighted by Gasteiger charge is -2.36. The molecule has 0 atom stereocenters. The molecule has 2 aromatic carbocycles. The summed E-state index contributed by atoms with van der Waals surface area (Å²) in [5.74, 6) is -0.193. The van der Waals surface area contributed by atoms with E-state index in [0.29, 0.717) is 6.42 Å². The Hall–Kier alpha value is -2.38. The van der Waals surface area contributed by atoms with Gasteiger partial charge in [-0.15, -0.1) is 0 Å². The molecule has 1 heterocycles. The van der Waals surface area contributed by atoms with E-state index in [-0.39, 0.29) is 5.82 Å². The summed E-state index contributed by atoms with van der Waals surface area (Å²) >= 11 is 0. The van der Waals surface area contributed by atoms with Crippen LogP contribution in [-0.4, -0.2) is 31.1 Å². The maximum Gasteiger partial charge on any atom is 0.123 e. The standard InChI is InChI=1S/C19H20FN3/c20-18-5-7-19(8-6-18)23-13-11-22(12-14-23)15-17-4-2-1-3-16(17)9-10-21/h1-8H,9,11-15H2. The summed E-state index contributed by atoms with van der Waals surface area (Å²) in [5, 5.41) is 8.93. The van der Waals surface area contributed by atoms with Gasteiger partial charge >= 0.3 is 0 Å². The summed E-state index contributed by atoms with van der Waals surface area (Å²) in [4.78, 5) is 4.70. The van der Waals surface area contributed by atoms with Crippen LogP contribution in [0.5, 0.6) is 0 Å². The lowest BCUT2D eigenvalue weighted by molar-refractivity contribution is 0.249. The van der Waals surface area contributed by atoms with Crippen molar-refractivity contribution in [1.29, 1.82) is 5.26 Å². The van der Waals surface area contributed by atoms with Crippen LogP contribution >= 0.6 is 0 Å². The summed E-state index contributed by atoms with van der Waals surface area (Å²) in [5.41, 5.74) is 3.44. The number of halogens is 1. The van der Waals surface area contributed by atoms with Crippen LogP contribution in [0.2, 0.25) is 0 Å². The molecule has 4 heteroatoms. The van der Waals surface area contributed by atoms with Gasteiger partial charge < -0.3 is 4.90 Å². The van der Waals surface area contributed by atoms with E-state index in [4.69, 9.17) is 5.26 Å². The number of hydrogen-bond donors (Lipinski definition) is 0. The van der Waals surface area contributed by atoms with E-state index in [2.05, 4.69) is 21.9 Å². The molecule has 0 amide bonds. The van der Waals surface area contributed by atoms with Crippen molar-refractivity contribution in [2.24, 2.45) is 0 Å². The fraction of sp³-hybridized carbons (Fsp3) is 0.316. The Balaban J connectivity index is 1.59. The number of nitrogens with zero attached hydrogens (tertiary/aromatic N) is 3. The van der Waals surface area contributed by atoms with Crippen molar-refractivity contribution in [3.63, 3.8) is 0 Å². The lowest BCUT2D eigenvalue weighted by atomic mass is 10.0. The molecule has 0 aliphatic carbocycles. The first-order valence-corrected chi connectivity index (χ1v) is 7.93. The molecule has 2 aromatic rings. The molecule has 23 heavy (non-hydrogen) atoms. The highest BCUT2D eigenvalue weighted by molar-refractivity contribution is 5.46. The lowest BCUT2D eigenvalue weighted by Crippen LogP contribution is -2.46. The number of hydrogen-bond acceptors (Lipinski definition) is 3. The van der Waals surface area contributed by atoms with E-state index in [0.717, 1.165) is 44.0 Å². The average Bonchev–Trinajstić information content (AvgIpc) is 2.58. The van der Waals surface area contributed by atoms with Crippen molar-refractivity contribution in [2.75, 3.05) is 31.1 Å². The van der Waals surface area contributed by atoms with Crippen molar-refractivity contribution in [1.82, 2.24) is 4.90 Å². The quantitative estimate of drug-likeness (QED) is 0.869. The van der Waals surface area contributed by atoms with Crippen LogP contribution in [0.1, 0.15) is 11.1 Å². The molecular weight excluding hydrogens is 289 g/mol. The van der Waals surface area contributed by atoms with Gasteiger partial charge in [-0.25, -0.2) is 4.39 Å². The first-order chi connectivity index (χ1) is 11.3. The summed E-state index contributed by atoms with van der Waals surface area (Å²) in [6, 6.07) is 17.1. The smallest absolute Gasteiger partial charge is 0.123 e. The fourth-order valence-corrected chi connectivity index (χ4v) is 3.03. The first kappa shape index (κ1) is 15.5. The van der Waals surface area contributed by atoms with Gasteiger partial charge in [-0.3, -0.25) is 4.90 Å². The molecule has 0 spiro atoms. The molecule has 3 nitrogen and oxygen atoms in total. The van der Waals surface area contributed by atoms with Crippen LogP contribution in [0.25, 0.3) is 0 Å². The number of rotatable bonds is 4. The van der Waals surface area contributed by atoms with Crippen LogP contribution in [0.15, 0.2) is 48.5 Å². The first-order valence-electron chi connectivity index (χ1n) is 7.93. The summed E-state index contributed by atoms with van der Waals surface area (Å²) in [7, 11) is 0. The molecule has 0 bridgehead atoms. The van der Waals surface area contributed by atoms with Gasteiger partial charge in [-0.2, -0.15) is 5.26 Å². The van der Waals surface area contributed by atoms with Crippen LogP contribution in [-0.2, 0) is 13.0 Å². The topological polar surface area (TPSA) is 30.3 Å². The molecule has 0 N–H and O–H groups in total. The van der Waals surface area contributed by atoms with Crippen molar-refractivity contribution in [3.8, 4) is 6.07 Å². The maximum atomic E-state index is 13.0. The number of piperazine rings is 1. The third-order valence-corrected chi connectivity index (χ3v) is 4.35. The molecular formula is C19H20FN3. The monoisotopic (exact) mass is 309 g/mol. The zero-order valence-corrected chi connectivity index (χ0v) is 13.1. The minimum atomic E-state index is -0.193. The molecule has 1 fully saturated rings. The van der Waals surface area contributed by atoms with E-state index in [9.17, 15) is 4.39 Å². The summed E-state index contributed by atoms with van der Waals surface area (Å²) in [6.45, 7) is 4.70. The molecule has 1 aliphatic rings. The summed E-state index contributed by atoms with van der Waals surface area (Å²) < 4.78 is 13.0. The summed E-state index contributed by atoms with van der Waals surface area (Å²) in [6.07, 6.45) is 0.464. The van der Waals surface area contributed by atoms with E-state index in [1.807, 2.05) is 30.3 Å². The van der Waals surface area contributed by atoms with Gasteiger partial charge in [-0.1, -0.05) is 24.3 Å². The van der Waals surface area contributed by atoms with E-state index < -0.39 is 0 Å². The third kappa shape index (κ3) is 3.88. The highest BCUT2D eigenvalue weighted by Gasteiger charge is 2.18. The average molecular weight is 309 g/mol. The van der Waals surface area contributed by atoms with Crippen LogP contribution in [0, 0.1) is 17.1 Å². The van der Waals surface area contributed by atoms with Gasteiger partial charge in [0.05, 0.1) is 12.5 Å². The van der Waals surface area contributed by atoms with Gasteiger partial charge in [0.25, 0.3) is 0 Å². The van der Waals surface area contributed by atoms with E-state index in [1.54, 1.807) is 0 Å². The van der Waals surface area contributed by atoms with Gasteiger partial charge in [0, 0.05) is 38.4 Å². The van der Waals surface area contributed by atoms with E-state index >= 15 is 0 Å². The van der Waals surface area contributed by atoms with Crippen molar-refractivity contribution in [3.05, 3.63) is 65.5 Å². The second-order valence-electron chi connectivity index (χ2n) is 5.84. The largest absolute Gasteiger partial charge is 0.369 e. The van der Waals surface area contributed by atoms with Crippen LogP contribution in [0.4, 0.5) is 10.1 Å². The Morgan fingerprint density at radius 1 is 0.913 bits per heavy atom. The van der Waals surface area contributed by atoms with Crippen molar-refractivity contribution < 1.29 is 4.39 Å². The minimum Gasteiger partial charge on any atom is -0.369 e. The number of nitriles is 1. The fourth-order valence-electron chi connectivity index (χ4n) is 3.03. The Bertz CT molecular complexity index is 683.